The van der Waals surface area contributed by atoms with E-state index in [0.29, 0.717) is 0 Å². The van der Waals surface area contributed by atoms with Crippen LogP contribution in [-0.4, -0.2) is 18.1 Å². The summed E-state index contributed by atoms with van der Waals surface area (Å²) < 4.78 is 35.5. The lowest BCUT2D eigenvalue weighted by atomic mass is 10.9. The van der Waals surface area contributed by atoms with Gasteiger partial charge in [0.1, 0.15) is 0 Å². The fourth-order valence-electron chi connectivity index (χ4n) is 0.312. The normalized spacial score (nSPS) is 11.7. The molecule has 7 nitrogen and oxygen atoms in total. The second-order valence-corrected chi connectivity index (χ2v) is 2.65. The average molecular weight is 167 g/mol. The molecule has 10 heavy (non-hydrogen) atoms. The average Bonchev–Trinajstić information content (AvgIpc) is 2.11. The zero-order chi connectivity index (χ0) is 7.78. The zero-order valence-electron chi connectivity index (χ0n) is 4.34. The maximum Gasteiger partial charge on any atom is 0.424 e. The van der Waals surface area contributed by atoms with Gasteiger partial charge in [-0.3, -0.25) is 4.55 Å². The Labute approximate surface area is 53.9 Å². The molecule has 56 valence electrons. The highest BCUT2D eigenvalue weighted by molar-refractivity contribution is 7.85. The molecule has 0 aliphatic rings. The third-order valence-electron chi connectivity index (χ3n) is 0.652. The number of hydrogen-bond donors (Lipinski definition) is 1. The summed E-state index contributed by atoms with van der Waals surface area (Å²) in [5.74, 6) is 0. The molecule has 0 spiro atoms. The molecule has 1 N–H and O–H groups in total. The van der Waals surface area contributed by atoms with Crippen molar-refractivity contribution in [2.75, 3.05) is 0 Å². The van der Waals surface area contributed by atoms with Crippen molar-refractivity contribution in [1.82, 2.24) is 5.16 Å². The molecule has 8 heteroatoms. The van der Waals surface area contributed by atoms with Crippen molar-refractivity contribution in [3.05, 3.63) is 10.4 Å². The van der Waals surface area contributed by atoms with Crippen molar-refractivity contribution in [3.63, 3.8) is 0 Å². The summed E-state index contributed by atoms with van der Waals surface area (Å²) in [6.07, 6.45) is 0. The van der Waals surface area contributed by atoms with Crippen molar-refractivity contribution < 1.29 is 22.2 Å². The molecular weight excluding hydrogens is 166 g/mol. The van der Waals surface area contributed by atoms with E-state index in [2.05, 4.69) is 14.4 Å². The van der Waals surface area contributed by atoms with Crippen molar-refractivity contribution in [2.24, 2.45) is 0 Å². The number of hydrogen-bond acceptors (Lipinski definition) is 6. The summed E-state index contributed by atoms with van der Waals surface area (Å²) in [5, 5.41) is 1.45. The molecule has 1 rings (SSSR count). The smallest absolute Gasteiger partial charge is 0.280 e. The first-order valence-corrected chi connectivity index (χ1v) is 3.39. The first-order valence-electron chi connectivity index (χ1n) is 1.95. The Balaban J connectivity index is 3.47. The fourth-order valence-corrected chi connectivity index (χ4v) is 0.681. The Kier molecular flexibility index (Phi) is 1.34. The van der Waals surface area contributed by atoms with E-state index in [1.54, 1.807) is 0 Å². The van der Waals surface area contributed by atoms with Crippen LogP contribution in [0.3, 0.4) is 0 Å². The van der Waals surface area contributed by atoms with Gasteiger partial charge < -0.3 is 0 Å². The Bertz CT molecular complexity index is 368. The summed E-state index contributed by atoms with van der Waals surface area (Å²) in [7, 11) is -4.60. The Hall–Kier alpha value is -1.15. The monoisotopic (exact) mass is 167 g/mol. The summed E-state index contributed by atoms with van der Waals surface area (Å²) >= 11 is 0. The Morgan fingerprint density at radius 2 is 2.10 bits per heavy atom. The summed E-state index contributed by atoms with van der Waals surface area (Å²) in [6, 6.07) is 0. The molecule has 0 radical (unpaired) electrons. The second kappa shape index (κ2) is 1.92. The van der Waals surface area contributed by atoms with Gasteiger partial charge in [0.15, 0.2) is 0 Å². The lowest BCUT2D eigenvalue weighted by Gasteiger charge is -1.78. The summed E-state index contributed by atoms with van der Waals surface area (Å²) in [6.45, 7) is 0. The van der Waals surface area contributed by atoms with Crippen LogP contribution in [0.1, 0.15) is 0 Å². The lowest BCUT2D eigenvalue weighted by molar-refractivity contribution is -0.00227. The Morgan fingerprint density at radius 1 is 1.50 bits per heavy atom. The molecule has 1 aromatic rings. The van der Waals surface area contributed by atoms with Gasteiger partial charge in [0.25, 0.3) is 0 Å². The molecule has 0 aliphatic carbocycles. The predicted molar refractivity (Wildman–Crippen MR) is 24.9 cm³/mol. The van der Waals surface area contributed by atoms with Crippen molar-refractivity contribution in [2.45, 2.75) is 5.03 Å². The lowest BCUT2D eigenvalue weighted by Crippen LogP contribution is -2.09. The SMILES string of the molecule is O=c1oonc1S(=O)(=O)O. The van der Waals surface area contributed by atoms with Gasteiger partial charge in [-0.15, -0.1) is 0 Å². The summed E-state index contributed by atoms with van der Waals surface area (Å²) in [5.41, 5.74) is -1.33. The minimum absolute atomic E-state index is 1.15. The van der Waals surface area contributed by atoms with Crippen LogP contribution in [0.2, 0.25) is 0 Å². The molecule has 0 saturated heterocycles. The maximum atomic E-state index is 10.2. The van der Waals surface area contributed by atoms with Crippen LogP contribution in [0, 0.1) is 0 Å². The number of aromatic nitrogens is 1. The van der Waals surface area contributed by atoms with Crippen molar-refractivity contribution in [1.29, 1.82) is 0 Å². The molecule has 1 heterocycles. The molecule has 0 fully saturated rings. The van der Waals surface area contributed by atoms with Gasteiger partial charge in [0.05, 0.1) is 0 Å². The highest BCUT2D eigenvalue weighted by Gasteiger charge is 2.21. The third kappa shape index (κ3) is 1.06. The highest BCUT2D eigenvalue weighted by Crippen LogP contribution is 1.94. The maximum absolute atomic E-state index is 10.2. The van der Waals surface area contributed by atoms with Crippen LogP contribution in [-0.2, 0) is 10.1 Å². The van der Waals surface area contributed by atoms with Gasteiger partial charge in [-0.2, -0.15) is 13.1 Å². The van der Waals surface area contributed by atoms with E-state index < -0.39 is 20.8 Å². The first kappa shape index (κ1) is 6.96. The van der Waals surface area contributed by atoms with Crippen LogP contribution in [0.5, 0.6) is 0 Å². The highest BCUT2D eigenvalue weighted by atomic mass is 32.2. The largest absolute Gasteiger partial charge is 0.424 e. The van der Waals surface area contributed by atoms with E-state index in [1.807, 2.05) is 0 Å². The molecule has 1 aromatic heterocycles. The van der Waals surface area contributed by atoms with Crippen molar-refractivity contribution in [3.8, 4) is 0 Å². The molecule has 0 bridgehead atoms. The zero-order valence-corrected chi connectivity index (χ0v) is 5.16. The van der Waals surface area contributed by atoms with E-state index in [1.165, 1.54) is 0 Å². The van der Waals surface area contributed by atoms with E-state index in [4.69, 9.17) is 4.55 Å². The van der Waals surface area contributed by atoms with E-state index in [0.717, 1.165) is 0 Å². The molecular formula is C2HNO6S. The van der Waals surface area contributed by atoms with Crippen LogP contribution in [0.15, 0.2) is 19.1 Å². The molecule has 0 saturated carbocycles. The standard InChI is InChI=1S/C2HNO6S/c4-2-1(3-9-8-2)10(5,6)7/h(H,5,6,7). The second-order valence-electron chi connectivity index (χ2n) is 1.32. The van der Waals surface area contributed by atoms with Gasteiger partial charge in [0, 0.05) is 0 Å². The molecule has 0 aliphatic heterocycles. The van der Waals surface area contributed by atoms with E-state index in [-0.39, 0.29) is 0 Å². The van der Waals surface area contributed by atoms with E-state index >= 15 is 0 Å². The van der Waals surface area contributed by atoms with Gasteiger partial charge in [-0.25, -0.2) is 9.37 Å². The van der Waals surface area contributed by atoms with Gasteiger partial charge in [-0.05, 0) is 5.16 Å². The van der Waals surface area contributed by atoms with Crippen LogP contribution in [0.25, 0.3) is 0 Å². The molecule has 0 atom stereocenters. The minimum Gasteiger partial charge on any atom is -0.280 e. The first-order chi connectivity index (χ1) is 4.52. The predicted octanol–water partition coefficient (Wildman–Crippen LogP) is -1.13. The molecule has 0 aromatic carbocycles. The third-order valence-corrected chi connectivity index (χ3v) is 1.38. The van der Waals surface area contributed by atoms with Gasteiger partial charge >= 0.3 is 20.8 Å². The molecule has 0 amide bonds. The Morgan fingerprint density at radius 3 is 2.30 bits per heavy atom. The summed E-state index contributed by atoms with van der Waals surface area (Å²) in [4.78, 5) is 10.2. The minimum atomic E-state index is -4.60. The van der Waals surface area contributed by atoms with Crippen LogP contribution in [0.4, 0.5) is 0 Å². The quantitative estimate of drug-likeness (QED) is 0.416. The van der Waals surface area contributed by atoms with Crippen molar-refractivity contribution >= 4 is 10.1 Å². The topological polar surface area (TPSA) is 111 Å². The number of rotatable bonds is 1. The van der Waals surface area contributed by atoms with Gasteiger partial charge in [0.2, 0.25) is 0 Å². The fraction of sp³-hybridized carbons (Fsp3) is 0. The van der Waals surface area contributed by atoms with Crippen LogP contribution >= 0.6 is 0 Å². The van der Waals surface area contributed by atoms with E-state index in [9.17, 15) is 13.2 Å². The number of nitrogens with zero attached hydrogens (tertiary/aromatic N) is 1. The van der Waals surface area contributed by atoms with Gasteiger partial charge in [-0.1, -0.05) is 0 Å². The molecule has 0 unspecified atom stereocenters. The van der Waals surface area contributed by atoms with Crippen LogP contribution < -0.4 is 5.63 Å².